The summed E-state index contributed by atoms with van der Waals surface area (Å²) < 4.78 is 27.3. The first-order valence-electron chi connectivity index (χ1n) is 11.3. The molecular formula is C20H35NO14. The van der Waals surface area contributed by atoms with Crippen molar-refractivity contribution in [3.05, 3.63) is 0 Å². The van der Waals surface area contributed by atoms with Crippen molar-refractivity contribution in [3.63, 3.8) is 0 Å². The van der Waals surface area contributed by atoms with E-state index in [9.17, 15) is 45.6 Å². The molecule has 0 radical (unpaired) electrons. The maximum Gasteiger partial charge on any atom is 0.217 e. The van der Waals surface area contributed by atoms with Gasteiger partial charge < -0.3 is 69.9 Å². The smallest absolute Gasteiger partial charge is 0.217 e. The highest BCUT2D eigenvalue weighted by Crippen LogP contribution is 2.32. The van der Waals surface area contributed by atoms with Crippen LogP contribution in [0.1, 0.15) is 20.8 Å². The van der Waals surface area contributed by atoms with Gasteiger partial charge in [0.1, 0.15) is 61.0 Å². The fourth-order valence-corrected chi connectivity index (χ4v) is 4.34. The molecule has 35 heavy (non-hydrogen) atoms. The Morgan fingerprint density at radius 3 is 1.86 bits per heavy atom. The SMILES string of the molecule is CC(=O)N[C@@H]1[C@@H](O[C@@H]2O[C@@H](C)[C@H](O)[C@@H](O[C@@H]3O[C@@H](C)[C@H](O)[C@@H](O)[C@H]3O)[C@H]2O)[C@H](O)[C@@H](CO)O[C@H]1O. The van der Waals surface area contributed by atoms with Gasteiger partial charge in [0.25, 0.3) is 0 Å². The van der Waals surface area contributed by atoms with E-state index in [1.807, 2.05) is 0 Å². The van der Waals surface area contributed by atoms with Gasteiger partial charge >= 0.3 is 0 Å². The first kappa shape index (κ1) is 28.5. The minimum Gasteiger partial charge on any atom is -0.394 e. The van der Waals surface area contributed by atoms with Gasteiger partial charge in [0.15, 0.2) is 18.9 Å². The van der Waals surface area contributed by atoms with Gasteiger partial charge in [-0.1, -0.05) is 0 Å². The molecule has 15 nitrogen and oxygen atoms in total. The maximum absolute atomic E-state index is 11.6. The summed E-state index contributed by atoms with van der Waals surface area (Å²) in [6, 6.07) is -1.32. The zero-order valence-corrected chi connectivity index (χ0v) is 19.4. The monoisotopic (exact) mass is 513 g/mol. The third-order valence-electron chi connectivity index (χ3n) is 6.42. The van der Waals surface area contributed by atoms with E-state index in [1.54, 1.807) is 0 Å². The van der Waals surface area contributed by atoms with Crippen LogP contribution in [0, 0.1) is 0 Å². The molecule has 3 aliphatic heterocycles. The molecule has 0 aromatic heterocycles. The topological polar surface area (TPSA) is 237 Å². The van der Waals surface area contributed by atoms with E-state index >= 15 is 0 Å². The number of hydrogen-bond acceptors (Lipinski definition) is 14. The van der Waals surface area contributed by atoms with Crippen LogP contribution in [0.25, 0.3) is 0 Å². The van der Waals surface area contributed by atoms with Crippen LogP contribution in [-0.2, 0) is 28.5 Å². The van der Waals surface area contributed by atoms with Crippen LogP contribution in [0.3, 0.4) is 0 Å². The second kappa shape index (κ2) is 11.6. The molecule has 0 saturated carbocycles. The van der Waals surface area contributed by atoms with Gasteiger partial charge in [-0.25, -0.2) is 0 Å². The standard InChI is InChI=1S/C20H35NO14/c1-5-10(24)13(27)14(28)19(31-5)35-17-11(25)6(2)32-20(15(17)29)34-16-9(21-7(3)23)18(30)33-8(4-22)12(16)26/h5-6,8-20,22,24-30H,4H2,1-3H3,(H,21,23)/t5-,6-,8+,9+,10-,11-,12+,13+,14+,15+,16+,17+,18+,19-,20-/m0/s1. The third kappa shape index (κ3) is 5.93. The molecule has 204 valence electrons. The predicted molar refractivity (Wildman–Crippen MR) is 110 cm³/mol. The highest BCUT2D eigenvalue weighted by Gasteiger charge is 2.53. The third-order valence-corrected chi connectivity index (χ3v) is 6.42. The van der Waals surface area contributed by atoms with Crippen molar-refractivity contribution in [2.75, 3.05) is 6.61 Å². The van der Waals surface area contributed by atoms with E-state index in [1.165, 1.54) is 13.8 Å². The van der Waals surface area contributed by atoms with Crippen LogP contribution in [-0.4, -0.2) is 145 Å². The Morgan fingerprint density at radius 2 is 1.29 bits per heavy atom. The van der Waals surface area contributed by atoms with Crippen LogP contribution >= 0.6 is 0 Å². The highest BCUT2D eigenvalue weighted by molar-refractivity contribution is 5.73. The fraction of sp³-hybridized carbons (Fsp3) is 0.950. The van der Waals surface area contributed by atoms with Gasteiger partial charge in [-0.3, -0.25) is 4.79 Å². The fourth-order valence-electron chi connectivity index (χ4n) is 4.34. The Balaban J connectivity index is 1.79. The molecule has 3 aliphatic rings. The van der Waals surface area contributed by atoms with Crippen molar-refractivity contribution in [2.24, 2.45) is 0 Å². The molecule has 0 aliphatic carbocycles. The number of carbonyl (C=O) groups excluding carboxylic acids is 1. The molecule has 1 amide bonds. The van der Waals surface area contributed by atoms with Gasteiger partial charge in [0.05, 0.1) is 18.8 Å². The van der Waals surface area contributed by atoms with Crippen LogP contribution < -0.4 is 5.32 Å². The molecule has 3 saturated heterocycles. The lowest BCUT2D eigenvalue weighted by molar-refractivity contribution is -0.368. The number of aliphatic hydroxyl groups excluding tert-OH is 8. The van der Waals surface area contributed by atoms with Crippen molar-refractivity contribution in [2.45, 2.75) is 113 Å². The molecule has 0 aromatic carbocycles. The Kier molecular flexibility index (Phi) is 9.42. The Morgan fingerprint density at radius 1 is 0.743 bits per heavy atom. The molecule has 0 unspecified atom stereocenters. The number of rotatable bonds is 6. The molecule has 3 fully saturated rings. The maximum atomic E-state index is 11.6. The van der Waals surface area contributed by atoms with Gasteiger partial charge in [0, 0.05) is 6.92 Å². The highest BCUT2D eigenvalue weighted by atomic mass is 16.7. The summed E-state index contributed by atoms with van der Waals surface area (Å²) in [5.74, 6) is -0.589. The molecule has 3 heterocycles. The Bertz CT molecular complexity index is 715. The summed E-state index contributed by atoms with van der Waals surface area (Å²) >= 11 is 0. The second-order valence-electron chi connectivity index (χ2n) is 9.04. The number of aliphatic hydroxyl groups is 8. The van der Waals surface area contributed by atoms with Gasteiger partial charge in [-0.2, -0.15) is 0 Å². The van der Waals surface area contributed by atoms with Gasteiger partial charge in [-0.15, -0.1) is 0 Å². The lowest BCUT2D eigenvalue weighted by atomic mass is 9.95. The lowest BCUT2D eigenvalue weighted by Gasteiger charge is -2.48. The molecule has 15 atom stereocenters. The van der Waals surface area contributed by atoms with Crippen molar-refractivity contribution in [3.8, 4) is 0 Å². The summed E-state index contributed by atoms with van der Waals surface area (Å²) in [5.41, 5.74) is 0. The normalized spacial score (nSPS) is 51.1. The van der Waals surface area contributed by atoms with Crippen molar-refractivity contribution >= 4 is 5.91 Å². The first-order valence-corrected chi connectivity index (χ1v) is 11.3. The summed E-state index contributed by atoms with van der Waals surface area (Å²) in [7, 11) is 0. The van der Waals surface area contributed by atoms with Crippen molar-refractivity contribution < 1.29 is 69.3 Å². The number of hydrogen-bond donors (Lipinski definition) is 9. The zero-order chi connectivity index (χ0) is 26.2. The molecule has 0 bridgehead atoms. The summed E-state index contributed by atoms with van der Waals surface area (Å²) in [4.78, 5) is 11.6. The number of ether oxygens (including phenoxy) is 5. The molecule has 3 rings (SSSR count). The zero-order valence-electron chi connectivity index (χ0n) is 19.4. The second-order valence-corrected chi connectivity index (χ2v) is 9.04. The summed E-state index contributed by atoms with van der Waals surface area (Å²) in [5, 5.41) is 84.3. The number of amides is 1. The van der Waals surface area contributed by atoms with Crippen molar-refractivity contribution in [1.82, 2.24) is 5.32 Å². The van der Waals surface area contributed by atoms with Crippen LogP contribution in [0.15, 0.2) is 0 Å². The molecule has 0 spiro atoms. The summed E-state index contributed by atoms with van der Waals surface area (Å²) in [6.45, 7) is 3.33. The molecule has 9 N–H and O–H groups in total. The average Bonchev–Trinajstić information content (AvgIpc) is 2.80. The van der Waals surface area contributed by atoms with Crippen LogP contribution in [0.5, 0.6) is 0 Å². The number of carbonyl (C=O) groups is 1. The quantitative estimate of drug-likeness (QED) is 0.161. The van der Waals surface area contributed by atoms with E-state index < -0.39 is 105 Å². The minimum atomic E-state index is -1.76. The van der Waals surface area contributed by atoms with Gasteiger partial charge in [-0.05, 0) is 13.8 Å². The van der Waals surface area contributed by atoms with Gasteiger partial charge in [0.2, 0.25) is 5.91 Å². The predicted octanol–water partition coefficient (Wildman–Crippen LogP) is -5.37. The molecular weight excluding hydrogens is 478 g/mol. The van der Waals surface area contributed by atoms with E-state index in [-0.39, 0.29) is 0 Å². The Hall–Kier alpha value is -1.05. The van der Waals surface area contributed by atoms with E-state index in [0.717, 1.165) is 6.92 Å². The minimum absolute atomic E-state index is 0.589. The van der Waals surface area contributed by atoms with E-state index in [4.69, 9.17) is 23.7 Å². The molecule has 0 aromatic rings. The van der Waals surface area contributed by atoms with Crippen LogP contribution in [0.4, 0.5) is 0 Å². The average molecular weight is 513 g/mol. The largest absolute Gasteiger partial charge is 0.394 e. The van der Waals surface area contributed by atoms with Crippen LogP contribution in [0.2, 0.25) is 0 Å². The first-order chi connectivity index (χ1) is 16.4. The lowest BCUT2D eigenvalue weighted by Crippen LogP contribution is -2.68. The van der Waals surface area contributed by atoms with Crippen molar-refractivity contribution in [1.29, 1.82) is 0 Å². The van der Waals surface area contributed by atoms with E-state index in [0.29, 0.717) is 0 Å². The number of nitrogens with one attached hydrogen (secondary N) is 1. The van der Waals surface area contributed by atoms with E-state index in [2.05, 4.69) is 5.32 Å². The molecule has 15 heteroatoms. The summed E-state index contributed by atoms with van der Waals surface area (Å²) in [6.07, 6.45) is -20.5. The Labute approximate surface area is 200 Å².